The predicted octanol–water partition coefficient (Wildman–Crippen LogP) is 2.02. The number of fused-ring (bicyclic) bond motifs is 2. The third-order valence-electron chi connectivity index (χ3n) is 4.41. The monoisotopic (exact) mass is 153 g/mol. The fourth-order valence-corrected chi connectivity index (χ4v) is 3.19. The maximum Gasteiger partial charge on any atom is 0.00702 e. The first-order chi connectivity index (χ1) is 5.03. The van der Waals surface area contributed by atoms with Crippen LogP contribution in [-0.2, 0) is 0 Å². The summed E-state index contributed by atoms with van der Waals surface area (Å²) in [6, 6.07) is 0.492. The van der Waals surface area contributed by atoms with E-state index in [-0.39, 0.29) is 0 Å². The highest BCUT2D eigenvalue weighted by molar-refractivity contribution is 5.06. The fraction of sp³-hybridized carbons (Fsp3) is 1.00. The molecule has 0 aromatic rings. The van der Waals surface area contributed by atoms with Crippen molar-refractivity contribution in [3.63, 3.8) is 0 Å². The lowest BCUT2D eigenvalue weighted by Gasteiger charge is -2.61. The molecule has 2 N–H and O–H groups in total. The Morgan fingerprint density at radius 3 is 2.27 bits per heavy atom. The van der Waals surface area contributed by atoms with Crippen molar-refractivity contribution in [2.45, 2.75) is 39.7 Å². The van der Waals surface area contributed by atoms with Crippen molar-refractivity contribution in [1.29, 1.82) is 0 Å². The summed E-state index contributed by atoms with van der Waals surface area (Å²) in [6.45, 7) is 7.15. The van der Waals surface area contributed by atoms with Crippen molar-refractivity contribution in [2.75, 3.05) is 0 Å². The van der Waals surface area contributed by atoms with Crippen molar-refractivity contribution in [1.82, 2.24) is 0 Å². The molecule has 3 fully saturated rings. The van der Waals surface area contributed by atoms with E-state index in [1.165, 1.54) is 12.8 Å². The molecular weight excluding hydrogens is 134 g/mol. The van der Waals surface area contributed by atoms with Gasteiger partial charge in [0.2, 0.25) is 0 Å². The van der Waals surface area contributed by atoms with E-state index < -0.39 is 0 Å². The van der Waals surface area contributed by atoms with Crippen LogP contribution in [0.2, 0.25) is 0 Å². The van der Waals surface area contributed by atoms with Gasteiger partial charge in [0.1, 0.15) is 0 Å². The Labute approximate surface area is 69.4 Å². The van der Waals surface area contributed by atoms with Crippen LogP contribution in [0.5, 0.6) is 0 Å². The smallest absolute Gasteiger partial charge is 0.00702 e. The van der Waals surface area contributed by atoms with Gasteiger partial charge in [-0.2, -0.15) is 0 Å². The van der Waals surface area contributed by atoms with Crippen molar-refractivity contribution in [2.24, 2.45) is 28.9 Å². The standard InChI is InChI=1S/C10H19N/c1-6-8-4-7(5-9(6)11)10(8,2)3/h6-9H,4-5,11H2,1-3H3/t6-,7-,8+,9-/m0/s1. The van der Waals surface area contributed by atoms with E-state index in [9.17, 15) is 0 Å². The van der Waals surface area contributed by atoms with Crippen molar-refractivity contribution in [3.8, 4) is 0 Å². The summed E-state index contributed by atoms with van der Waals surface area (Å²) in [6.07, 6.45) is 2.71. The van der Waals surface area contributed by atoms with Gasteiger partial charge in [-0.3, -0.25) is 0 Å². The normalized spacial score (nSPS) is 53.5. The third kappa shape index (κ3) is 0.807. The predicted molar refractivity (Wildman–Crippen MR) is 47.1 cm³/mol. The lowest BCUT2D eigenvalue weighted by molar-refractivity contribution is -0.108. The average molecular weight is 153 g/mol. The molecule has 0 amide bonds. The molecular formula is C10H19N. The first kappa shape index (κ1) is 7.60. The minimum absolute atomic E-state index is 0.492. The van der Waals surface area contributed by atoms with Gasteiger partial charge in [-0.15, -0.1) is 0 Å². The van der Waals surface area contributed by atoms with E-state index in [0.717, 1.165) is 17.8 Å². The van der Waals surface area contributed by atoms with Crippen LogP contribution in [0.15, 0.2) is 0 Å². The fourth-order valence-electron chi connectivity index (χ4n) is 3.19. The Bertz CT molecular complexity index is 174. The highest BCUT2D eigenvalue weighted by atomic mass is 14.7. The van der Waals surface area contributed by atoms with Crippen LogP contribution < -0.4 is 5.73 Å². The summed E-state index contributed by atoms with van der Waals surface area (Å²) in [5, 5.41) is 0. The second kappa shape index (κ2) is 2.01. The first-order valence-electron chi connectivity index (χ1n) is 4.79. The van der Waals surface area contributed by atoms with Crippen LogP contribution in [0.1, 0.15) is 33.6 Å². The SMILES string of the molecule is C[C@H]1[C@H]2C[C@@H](C[C@@H]1N)C2(C)C. The van der Waals surface area contributed by atoms with Crippen molar-refractivity contribution >= 4 is 0 Å². The minimum atomic E-state index is 0.492. The van der Waals surface area contributed by atoms with E-state index in [0.29, 0.717) is 11.5 Å². The molecule has 11 heavy (non-hydrogen) atoms. The summed E-state index contributed by atoms with van der Waals surface area (Å²) in [5.41, 5.74) is 6.63. The van der Waals surface area contributed by atoms with Gasteiger partial charge in [0.15, 0.2) is 0 Å². The lowest BCUT2D eigenvalue weighted by Crippen LogP contribution is -2.58. The van der Waals surface area contributed by atoms with Crippen molar-refractivity contribution in [3.05, 3.63) is 0 Å². The molecule has 3 saturated carbocycles. The second-order valence-corrected chi connectivity index (χ2v) is 5.12. The molecule has 0 saturated heterocycles. The zero-order valence-electron chi connectivity index (χ0n) is 7.80. The van der Waals surface area contributed by atoms with Gasteiger partial charge in [0, 0.05) is 6.04 Å². The number of hydrogen-bond donors (Lipinski definition) is 1. The van der Waals surface area contributed by atoms with Gasteiger partial charge >= 0.3 is 0 Å². The average Bonchev–Trinajstić information content (AvgIpc) is 1.93. The van der Waals surface area contributed by atoms with E-state index in [1.807, 2.05) is 0 Å². The molecule has 3 aliphatic carbocycles. The molecule has 1 heteroatoms. The number of rotatable bonds is 0. The topological polar surface area (TPSA) is 26.0 Å². The molecule has 3 rings (SSSR count). The molecule has 0 aromatic heterocycles. The Morgan fingerprint density at radius 2 is 1.91 bits per heavy atom. The molecule has 0 heterocycles. The molecule has 0 aromatic carbocycles. The second-order valence-electron chi connectivity index (χ2n) is 5.12. The summed E-state index contributed by atoms with van der Waals surface area (Å²) in [4.78, 5) is 0. The summed E-state index contributed by atoms with van der Waals surface area (Å²) < 4.78 is 0. The first-order valence-corrected chi connectivity index (χ1v) is 4.79. The summed E-state index contributed by atoms with van der Waals surface area (Å²) in [5.74, 6) is 2.60. The molecule has 0 spiro atoms. The highest BCUT2D eigenvalue weighted by Crippen LogP contribution is 2.60. The Balaban J connectivity index is 2.17. The van der Waals surface area contributed by atoms with E-state index in [2.05, 4.69) is 20.8 Å². The van der Waals surface area contributed by atoms with Gasteiger partial charge < -0.3 is 5.73 Å². The molecule has 0 aliphatic heterocycles. The van der Waals surface area contributed by atoms with E-state index >= 15 is 0 Å². The molecule has 2 bridgehead atoms. The van der Waals surface area contributed by atoms with Crippen LogP contribution in [0, 0.1) is 23.2 Å². The number of nitrogens with two attached hydrogens (primary N) is 1. The maximum atomic E-state index is 6.02. The Hall–Kier alpha value is -0.0400. The minimum Gasteiger partial charge on any atom is -0.327 e. The van der Waals surface area contributed by atoms with Crippen molar-refractivity contribution < 1.29 is 0 Å². The van der Waals surface area contributed by atoms with Crippen LogP contribution in [0.3, 0.4) is 0 Å². The highest BCUT2D eigenvalue weighted by Gasteiger charge is 2.55. The van der Waals surface area contributed by atoms with Gasteiger partial charge in [-0.1, -0.05) is 20.8 Å². The summed E-state index contributed by atoms with van der Waals surface area (Å²) >= 11 is 0. The van der Waals surface area contributed by atoms with Crippen LogP contribution in [-0.4, -0.2) is 6.04 Å². The Kier molecular flexibility index (Phi) is 1.39. The largest absolute Gasteiger partial charge is 0.327 e. The number of hydrogen-bond acceptors (Lipinski definition) is 1. The quantitative estimate of drug-likeness (QED) is 0.566. The molecule has 4 atom stereocenters. The molecule has 3 aliphatic rings. The van der Waals surface area contributed by atoms with E-state index in [1.54, 1.807) is 0 Å². The zero-order chi connectivity index (χ0) is 8.22. The van der Waals surface area contributed by atoms with Crippen LogP contribution >= 0.6 is 0 Å². The Morgan fingerprint density at radius 1 is 1.27 bits per heavy atom. The molecule has 1 nitrogen and oxygen atoms in total. The molecule has 64 valence electrons. The lowest BCUT2D eigenvalue weighted by atomic mass is 9.45. The third-order valence-corrected chi connectivity index (χ3v) is 4.41. The van der Waals surface area contributed by atoms with E-state index in [4.69, 9.17) is 5.73 Å². The van der Waals surface area contributed by atoms with Gasteiger partial charge in [0.25, 0.3) is 0 Å². The summed E-state index contributed by atoms with van der Waals surface area (Å²) in [7, 11) is 0. The molecule has 0 unspecified atom stereocenters. The molecule has 0 radical (unpaired) electrons. The van der Waals surface area contributed by atoms with Crippen LogP contribution in [0.4, 0.5) is 0 Å². The van der Waals surface area contributed by atoms with Gasteiger partial charge in [0.05, 0.1) is 0 Å². The van der Waals surface area contributed by atoms with Crippen LogP contribution in [0.25, 0.3) is 0 Å². The van der Waals surface area contributed by atoms with Gasteiger partial charge in [-0.25, -0.2) is 0 Å². The maximum absolute atomic E-state index is 6.02. The van der Waals surface area contributed by atoms with Gasteiger partial charge in [-0.05, 0) is 36.0 Å². The zero-order valence-corrected chi connectivity index (χ0v) is 7.80.